The first kappa shape index (κ1) is 9.97. The Balaban J connectivity index is 2.23. The van der Waals surface area contributed by atoms with Crippen LogP contribution >= 0.6 is 0 Å². The van der Waals surface area contributed by atoms with Crippen molar-refractivity contribution in [3.63, 3.8) is 0 Å². The summed E-state index contributed by atoms with van der Waals surface area (Å²) in [4.78, 5) is 11.0. The molecule has 0 radical (unpaired) electrons. The van der Waals surface area contributed by atoms with Gasteiger partial charge in [0.1, 0.15) is 6.04 Å². The molecule has 3 nitrogen and oxygen atoms in total. The second kappa shape index (κ2) is 2.96. The van der Waals surface area contributed by atoms with E-state index < -0.39 is 5.97 Å². The molecular weight excluding hydrogens is 178 g/mol. The number of fused-ring (bicyclic) bond motifs is 1. The molecule has 80 valence electrons. The van der Waals surface area contributed by atoms with Gasteiger partial charge < -0.3 is 5.11 Å². The Morgan fingerprint density at radius 2 is 2.00 bits per heavy atom. The summed E-state index contributed by atoms with van der Waals surface area (Å²) < 4.78 is 0. The van der Waals surface area contributed by atoms with Crippen molar-refractivity contribution in [2.24, 2.45) is 5.41 Å². The molecule has 3 heteroatoms. The minimum absolute atomic E-state index is 0.0499. The smallest absolute Gasteiger partial charge is 0.320 e. The second-order valence-corrected chi connectivity index (χ2v) is 5.34. The van der Waals surface area contributed by atoms with Gasteiger partial charge >= 0.3 is 5.97 Å². The molecule has 0 bridgehead atoms. The maximum Gasteiger partial charge on any atom is 0.320 e. The van der Waals surface area contributed by atoms with Crippen LogP contribution in [0.3, 0.4) is 0 Å². The predicted molar refractivity (Wildman–Crippen MR) is 54.2 cm³/mol. The Bertz CT molecular complexity index is 246. The standard InChI is InChI=1S/C11H19NO2/c1-10-5-3-4-6-11(10,2)12-8(7-10)9(13)14/h8,12H,3-7H2,1-2H3,(H,13,14)/t8-,10-,11-/m0/s1. The average Bonchev–Trinajstić information content (AvgIpc) is 2.37. The quantitative estimate of drug-likeness (QED) is 0.673. The van der Waals surface area contributed by atoms with Gasteiger partial charge in [0.05, 0.1) is 0 Å². The third-order valence-electron chi connectivity index (χ3n) is 4.43. The van der Waals surface area contributed by atoms with Gasteiger partial charge in [-0.3, -0.25) is 10.1 Å². The number of carboxylic acid groups (broad SMARTS) is 1. The van der Waals surface area contributed by atoms with Gasteiger partial charge in [-0.15, -0.1) is 0 Å². The summed E-state index contributed by atoms with van der Waals surface area (Å²) in [6.45, 7) is 4.43. The molecule has 0 amide bonds. The maximum absolute atomic E-state index is 11.0. The van der Waals surface area contributed by atoms with Crippen molar-refractivity contribution in [2.75, 3.05) is 0 Å². The Morgan fingerprint density at radius 1 is 1.36 bits per heavy atom. The van der Waals surface area contributed by atoms with Gasteiger partial charge in [-0.2, -0.15) is 0 Å². The Morgan fingerprint density at radius 3 is 2.57 bits per heavy atom. The lowest BCUT2D eigenvalue weighted by molar-refractivity contribution is -0.139. The highest BCUT2D eigenvalue weighted by Gasteiger charge is 2.54. The average molecular weight is 197 g/mol. The van der Waals surface area contributed by atoms with E-state index in [1.54, 1.807) is 0 Å². The fourth-order valence-corrected chi connectivity index (χ4v) is 3.18. The number of carboxylic acids is 1. The van der Waals surface area contributed by atoms with Gasteiger partial charge in [-0.25, -0.2) is 0 Å². The molecule has 1 aliphatic carbocycles. The van der Waals surface area contributed by atoms with E-state index in [2.05, 4.69) is 19.2 Å². The van der Waals surface area contributed by atoms with Crippen LogP contribution in [0, 0.1) is 5.41 Å². The Kier molecular flexibility index (Phi) is 2.11. The molecule has 1 aliphatic heterocycles. The number of nitrogens with one attached hydrogen (secondary N) is 1. The molecule has 2 N–H and O–H groups in total. The summed E-state index contributed by atoms with van der Waals surface area (Å²) in [6.07, 6.45) is 5.55. The van der Waals surface area contributed by atoms with Crippen LogP contribution in [0.25, 0.3) is 0 Å². The number of aliphatic carboxylic acids is 1. The summed E-state index contributed by atoms with van der Waals surface area (Å²) in [7, 11) is 0. The molecule has 0 unspecified atom stereocenters. The number of hydrogen-bond acceptors (Lipinski definition) is 2. The summed E-state index contributed by atoms with van der Waals surface area (Å²) in [5, 5.41) is 12.3. The van der Waals surface area contributed by atoms with Crippen molar-refractivity contribution in [3.05, 3.63) is 0 Å². The van der Waals surface area contributed by atoms with Gasteiger partial charge in [0, 0.05) is 5.54 Å². The topological polar surface area (TPSA) is 49.3 Å². The van der Waals surface area contributed by atoms with Crippen LogP contribution in [0.15, 0.2) is 0 Å². The maximum atomic E-state index is 11.0. The summed E-state index contributed by atoms with van der Waals surface area (Å²) in [5.41, 5.74) is 0.239. The van der Waals surface area contributed by atoms with E-state index >= 15 is 0 Å². The normalized spacial score (nSPS) is 47.4. The predicted octanol–water partition coefficient (Wildman–Crippen LogP) is 1.77. The van der Waals surface area contributed by atoms with Crippen molar-refractivity contribution < 1.29 is 9.90 Å². The van der Waals surface area contributed by atoms with Gasteiger partial charge in [0.2, 0.25) is 0 Å². The van der Waals surface area contributed by atoms with Gasteiger partial charge in [-0.1, -0.05) is 19.8 Å². The molecule has 1 heterocycles. The third-order valence-corrected chi connectivity index (χ3v) is 4.43. The van der Waals surface area contributed by atoms with E-state index in [1.807, 2.05) is 0 Å². The van der Waals surface area contributed by atoms with E-state index in [0.717, 1.165) is 12.8 Å². The van der Waals surface area contributed by atoms with Crippen LogP contribution in [0.5, 0.6) is 0 Å². The molecule has 0 spiro atoms. The molecule has 2 fully saturated rings. The molecule has 0 aromatic heterocycles. The van der Waals surface area contributed by atoms with Gasteiger partial charge in [-0.05, 0) is 31.6 Å². The highest BCUT2D eigenvalue weighted by Crippen LogP contribution is 2.51. The first-order valence-electron chi connectivity index (χ1n) is 5.47. The van der Waals surface area contributed by atoms with E-state index in [1.165, 1.54) is 19.3 Å². The zero-order chi connectivity index (χ0) is 10.4. The molecular formula is C11H19NO2. The fourth-order valence-electron chi connectivity index (χ4n) is 3.18. The van der Waals surface area contributed by atoms with Crippen LogP contribution in [-0.4, -0.2) is 22.7 Å². The van der Waals surface area contributed by atoms with Crippen molar-refractivity contribution in [3.8, 4) is 0 Å². The SMILES string of the molecule is C[C@@]12CCCC[C@]1(C)N[C@H](C(=O)O)C2. The first-order valence-corrected chi connectivity index (χ1v) is 5.47. The van der Waals surface area contributed by atoms with E-state index in [0.29, 0.717) is 0 Å². The first-order chi connectivity index (χ1) is 6.47. The largest absolute Gasteiger partial charge is 0.480 e. The monoisotopic (exact) mass is 197 g/mol. The minimum Gasteiger partial charge on any atom is -0.480 e. The van der Waals surface area contributed by atoms with Crippen molar-refractivity contribution in [2.45, 2.75) is 57.5 Å². The minimum atomic E-state index is -0.693. The highest BCUT2D eigenvalue weighted by molar-refractivity contribution is 5.74. The van der Waals surface area contributed by atoms with Crippen LogP contribution in [0.1, 0.15) is 46.0 Å². The lowest BCUT2D eigenvalue weighted by Gasteiger charge is -2.44. The summed E-state index contributed by atoms with van der Waals surface area (Å²) in [6, 6.07) is -0.330. The molecule has 14 heavy (non-hydrogen) atoms. The molecule has 0 aromatic carbocycles. The number of hydrogen-bond donors (Lipinski definition) is 2. The number of rotatable bonds is 1. The highest BCUT2D eigenvalue weighted by atomic mass is 16.4. The second-order valence-electron chi connectivity index (χ2n) is 5.34. The molecule has 1 saturated heterocycles. The van der Waals surface area contributed by atoms with Gasteiger partial charge in [0.25, 0.3) is 0 Å². The molecule has 1 saturated carbocycles. The number of carbonyl (C=O) groups is 1. The van der Waals surface area contributed by atoms with Crippen LogP contribution < -0.4 is 5.32 Å². The Hall–Kier alpha value is -0.570. The fraction of sp³-hybridized carbons (Fsp3) is 0.909. The molecule has 2 aliphatic rings. The Labute approximate surface area is 84.9 Å². The van der Waals surface area contributed by atoms with Gasteiger partial charge in [0.15, 0.2) is 0 Å². The molecule has 3 atom stereocenters. The molecule has 0 aromatic rings. The lowest BCUT2D eigenvalue weighted by atomic mass is 9.64. The van der Waals surface area contributed by atoms with Crippen molar-refractivity contribution in [1.29, 1.82) is 0 Å². The van der Waals surface area contributed by atoms with Crippen LogP contribution in [-0.2, 0) is 4.79 Å². The summed E-state index contributed by atoms with van der Waals surface area (Å²) >= 11 is 0. The summed E-state index contributed by atoms with van der Waals surface area (Å²) in [5.74, 6) is -0.693. The van der Waals surface area contributed by atoms with E-state index in [-0.39, 0.29) is 17.0 Å². The van der Waals surface area contributed by atoms with Crippen LogP contribution in [0.4, 0.5) is 0 Å². The van der Waals surface area contributed by atoms with Crippen molar-refractivity contribution >= 4 is 5.97 Å². The van der Waals surface area contributed by atoms with E-state index in [4.69, 9.17) is 5.11 Å². The third kappa shape index (κ3) is 1.26. The van der Waals surface area contributed by atoms with Crippen molar-refractivity contribution in [1.82, 2.24) is 5.32 Å². The molecule has 2 rings (SSSR count). The van der Waals surface area contributed by atoms with Crippen LogP contribution in [0.2, 0.25) is 0 Å². The lowest BCUT2D eigenvalue weighted by Crippen LogP contribution is -2.51. The zero-order valence-electron chi connectivity index (χ0n) is 8.97. The zero-order valence-corrected chi connectivity index (χ0v) is 8.97. The van der Waals surface area contributed by atoms with E-state index in [9.17, 15) is 4.79 Å².